The van der Waals surface area contributed by atoms with Gasteiger partial charge >= 0.3 is 0 Å². The molecule has 0 saturated carbocycles. The quantitative estimate of drug-likeness (QED) is 0.825. The van der Waals surface area contributed by atoms with Gasteiger partial charge in [-0.25, -0.2) is 0 Å². The summed E-state index contributed by atoms with van der Waals surface area (Å²) in [6.07, 6.45) is 0. The number of thioether (sulfide) groups is 1. The molecule has 0 bridgehead atoms. The number of benzene rings is 1. The lowest BCUT2D eigenvalue weighted by Crippen LogP contribution is -2.25. The highest BCUT2D eigenvalue weighted by molar-refractivity contribution is 8.00. The van der Waals surface area contributed by atoms with Crippen LogP contribution in [-0.4, -0.2) is 29.9 Å². The molecule has 2 amide bonds. The largest absolute Gasteiger partial charge is 0.356 e. The van der Waals surface area contributed by atoms with Crippen LogP contribution in [0.3, 0.4) is 0 Å². The highest BCUT2D eigenvalue weighted by Crippen LogP contribution is 2.10. The van der Waals surface area contributed by atoms with Gasteiger partial charge in [0.2, 0.25) is 11.8 Å². The zero-order chi connectivity index (χ0) is 13.4. The highest BCUT2D eigenvalue weighted by Gasteiger charge is 2.05. The number of carbonyl (C=O) groups is 2. The van der Waals surface area contributed by atoms with Gasteiger partial charge in [0.05, 0.1) is 11.5 Å². The molecule has 0 unspecified atom stereocenters. The Labute approximate surface area is 112 Å². The number of rotatable bonds is 6. The molecule has 0 atom stereocenters. The van der Waals surface area contributed by atoms with Crippen molar-refractivity contribution in [2.45, 2.75) is 13.8 Å². The van der Waals surface area contributed by atoms with Gasteiger partial charge in [0, 0.05) is 12.2 Å². The van der Waals surface area contributed by atoms with Gasteiger partial charge in [-0.15, -0.1) is 11.8 Å². The molecule has 0 heterocycles. The average molecular weight is 266 g/mol. The van der Waals surface area contributed by atoms with E-state index in [1.165, 1.54) is 11.8 Å². The first kappa shape index (κ1) is 14.6. The third-order valence-electron chi connectivity index (χ3n) is 2.14. The predicted octanol–water partition coefficient (Wildman–Crippen LogP) is 1.80. The summed E-state index contributed by atoms with van der Waals surface area (Å²) in [6, 6.07) is 7.62. The zero-order valence-corrected chi connectivity index (χ0v) is 11.5. The second-order valence-electron chi connectivity index (χ2n) is 3.86. The topological polar surface area (TPSA) is 58.2 Å². The second-order valence-corrected chi connectivity index (χ2v) is 4.85. The maximum absolute atomic E-state index is 11.6. The van der Waals surface area contributed by atoms with Crippen LogP contribution >= 0.6 is 11.8 Å². The van der Waals surface area contributed by atoms with Crippen molar-refractivity contribution in [3.8, 4) is 0 Å². The Hall–Kier alpha value is -1.49. The standard InChI is InChI=1S/C13H18N2O2S/c1-3-14-12(16)8-18-9-13(17)15-11-6-4-5-10(2)7-11/h4-7H,3,8-9H2,1-2H3,(H,14,16)(H,15,17). The van der Waals surface area contributed by atoms with Crippen molar-refractivity contribution < 1.29 is 9.59 Å². The molecule has 98 valence electrons. The van der Waals surface area contributed by atoms with E-state index in [-0.39, 0.29) is 17.6 Å². The summed E-state index contributed by atoms with van der Waals surface area (Å²) in [6.45, 7) is 4.46. The number of nitrogens with one attached hydrogen (secondary N) is 2. The maximum atomic E-state index is 11.6. The van der Waals surface area contributed by atoms with Crippen molar-refractivity contribution in [3.63, 3.8) is 0 Å². The van der Waals surface area contributed by atoms with Gasteiger partial charge in [0.1, 0.15) is 0 Å². The molecule has 1 aromatic rings. The van der Waals surface area contributed by atoms with E-state index < -0.39 is 0 Å². The van der Waals surface area contributed by atoms with Crippen LogP contribution < -0.4 is 10.6 Å². The van der Waals surface area contributed by atoms with E-state index in [1.54, 1.807) is 0 Å². The molecule has 1 aromatic carbocycles. The molecule has 0 aliphatic rings. The molecule has 18 heavy (non-hydrogen) atoms. The van der Waals surface area contributed by atoms with E-state index in [0.29, 0.717) is 12.3 Å². The Balaban J connectivity index is 2.28. The summed E-state index contributed by atoms with van der Waals surface area (Å²) >= 11 is 1.31. The number of hydrogen-bond donors (Lipinski definition) is 2. The normalized spacial score (nSPS) is 9.89. The van der Waals surface area contributed by atoms with Crippen molar-refractivity contribution in [3.05, 3.63) is 29.8 Å². The number of amides is 2. The lowest BCUT2D eigenvalue weighted by molar-refractivity contribution is -0.118. The number of carbonyl (C=O) groups excluding carboxylic acids is 2. The molecule has 0 saturated heterocycles. The molecule has 2 N–H and O–H groups in total. The Morgan fingerprint density at radius 2 is 1.94 bits per heavy atom. The van der Waals surface area contributed by atoms with Crippen LogP contribution in [0.4, 0.5) is 5.69 Å². The van der Waals surface area contributed by atoms with Gasteiger partial charge < -0.3 is 10.6 Å². The number of anilines is 1. The summed E-state index contributed by atoms with van der Waals surface area (Å²) in [5, 5.41) is 5.48. The summed E-state index contributed by atoms with van der Waals surface area (Å²) in [5.41, 5.74) is 1.89. The van der Waals surface area contributed by atoms with Crippen LogP contribution in [0.15, 0.2) is 24.3 Å². The van der Waals surface area contributed by atoms with E-state index in [0.717, 1.165) is 11.3 Å². The Kier molecular flexibility index (Phi) is 6.28. The SMILES string of the molecule is CCNC(=O)CSCC(=O)Nc1cccc(C)c1. The van der Waals surface area contributed by atoms with Gasteiger partial charge in [-0.3, -0.25) is 9.59 Å². The van der Waals surface area contributed by atoms with Crippen molar-refractivity contribution in [2.24, 2.45) is 0 Å². The van der Waals surface area contributed by atoms with Gasteiger partial charge in [-0.1, -0.05) is 12.1 Å². The Morgan fingerprint density at radius 3 is 2.61 bits per heavy atom. The van der Waals surface area contributed by atoms with Gasteiger partial charge in [-0.05, 0) is 31.5 Å². The van der Waals surface area contributed by atoms with E-state index in [2.05, 4.69) is 10.6 Å². The molecule has 0 aromatic heterocycles. The van der Waals surface area contributed by atoms with Crippen LogP contribution in [0.1, 0.15) is 12.5 Å². The van der Waals surface area contributed by atoms with Gasteiger partial charge in [0.15, 0.2) is 0 Å². The molecule has 0 aliphatic heterocycles. The van der Waals surface area contributed by atoms with E-state index >= 15 is 0 Å². The van der Waals surface area contributed by atoms with Crippen molar-refractivity contribution in [2.75, 3.05) is 23.4 Å². The lowest BCUT2D eigenvalue weighted by atomic mass is 10.2. The predicted molar refractivity (Wildman–Crippen MR) is 75.8 cm³/mol. The monoisotopic (exact) mass is 266 g/mol. The average Bonchev–Trinajstić information content (AvgIpc) is 2.29. The molecule has 4 nitrogen and oxygen atoms in total. The van der Waals surface area contributed by atoms with Crippen molar-refractivity contribution >= 4 is 29.3 Å². The zero-order valence-electron chi connectivity index (χ0n) is 10.7. The fraction of sp³-hybridized carbons (Fsp3) is 0.385. The van der Waals surface area contributed by atoms with Gasteiger partial charge in [0.25, 0.3) is 0 Å². The molecule has 0 aliphatic carbocycles. The van der Waals surface area contributed by atoms with E-state index in [9.17, 15) is 9.59 Å². The summed E-state index contributed by atoms with van der Waals surface area (Å²) in [7, 11) is 0. The molecule has 0 spiro atoms. The highest BCUT2D eigenvalue weighted by atomic mass is 32.2. The molecular formula is C13H18N2O2S. The first-order valence-corrected chi connectivity index (χ1v) is 6.98. The van der Waals surface area contributed by atoms with Gasteiger partial charge in [-0.2, -0.15) is 0 Å². The second kappa shape index (κ2) is 7.76. The van der Waals surface area contributed by atoms with Crippen molar-refractivity contribution in [1.29, 1.82) is 0 Å². The van der Waals surface area contributed by atoms with E-state index in [4.69, 9.17) is 0 Å². The first-order valence-electron chi connectivity index (χ1n) is 5.82. The smallest absolute Gasteiger partial charge is 0.234 e. The Bertz CT molecular complexity index is 421. The van der Waals surface area contributed by atoms with E-state index in [1.807, 2.05) is 38.1 Å². The summed E-state index contributed by atoms with van der Waals surface area (Å²) in [5.74, 6) is 0.473. The summed E-state index contributed by atoms with van der Waals surface area (Å²) in [4.78, 5) is 22.8. The van der Waals surface area contributed by atoms with Crippen LogP contribution in [0.25, 0.3) is 0 Å². The number of aryl methyl sites for hydroxylation is 1. The Morgan fingerprint density at radius 1 is 1.22 bits per heavy atom. The third kappa shape index (κ3) is 5.72. The minimum atomic E-state index is -0.0881. The third-order valence-corrected chi connectivity index (χ3v) is 3.07. The molecular weight excluding hydrogens is 248 g/mol. The van der Waals surface area contributed by atoms with Crippen LogP contribution in [0.2, 0.25) is 0 Å². The van der Waals surface area contributed by atoms with Crippen LogP contribution in [-0.2, 0) is 9.59 Å². The maximum Gasteiger partial charge on any atom is 0.234 e. The minimum Gasteiger partial charge on any atom is -0.356 e. The lowest BCUT2D eigenvalue weighted by Gasteiger charge is -2.06. The molecule has 1 rings (SSSR count). The number of hydrogen-bond acceptors (Lipinski definition) is 3. The fourth-order valence-electron chi connectivity index (χ4n) is 1.40. The van der Waals surface area contributed by atoms with Crippen LogP contribution in [0, 0.1) is 6.92 Å². The van der Waals surface area contributed by atoms with Crippen molar-refractivity contribution in [1.82, 2.24) is 5.32 Å². The first-order chi connectivity index (χ1) is 8.61. The molecule has 0 radical (unpaired) electrons. The fourth-order valence-corrected chi connectivity index (χ4v) is 2.05. The molecule has 0 fully saturated rings. The minimum absolute atomic E-state index is 0.0362. The van der Waals surface area contributed by atoms with Crippen LogP contribution in [0.5, 0.6) is 0 Å². The summed E-state index contributed by atoms with van der Waals surface area (Å²) < 4.78 is 0. The molecule has 5 heteroatoms.